The summed E-state index contributed by atoms with van der Waals surface area (Å²) in [6.07, 6.45) is -1.77. The Morgan fingerprint density at radius 1 is 1.26 bits per heavy atom. The minimum Gasteiger partial charge on any atom is -0.496 e. The van der Waals surface area contributed by atoms with Crippen molar-refractivity contribution in [2.75, 3.05) is 7.11 Å². The van der Waals surface area contributed by atoms with E-state index < -0.39 is 18.1 Å². The van der Waals surface area contributed by atoms with Gasteiger partial charge in [-0.25, -0.2) is 23.1 Å². The molecule has 2 N–H and O–H groups in total. The lowest BCUT2D eigenvalue weighted by Gasteiger charge is -2.11. The van der Waals surface area contributed by atoms with E-state index in [1.165, 1.54) is 24.5 Å². The maximum absolute atomic E-state index is 13.7. The molecule has 1 aromatic carbocycles. The van der Waals surface area contributed by atoms with E-state index in [0.717, 1.165) is 10.7 Å². The Labute approximate surface area is 178 Å². The third-order valence-corrected chi connectivity index (χ3v) is 5.22. The Morgan fingerprint density at radius 2 is 2.06 bits per heavy atom. The molecule has 8 nitrogen and oxygen atoms in total. The normalized spacial score (nSPS) is 11.8. The maximum atomic E-state index is 13.7. The number of para-hydroxylation sites is 1. The van der Waals surface area contributed by atoms with Gasteiger partial charge in [-0.05, 0) is 29.6 Å². The number of amidine groups is 1. The van der Waals surface area contributed by atoms with Gasteiger partial charge in [0.2, 0.25) is 0 Å². The number of rotatable bonds is 6. The van der Waals surface area contributed by atoms with Crippen LogP contribution in [0.15, 0.2) is 59.2 Å². The number of hydrogen-bond donors (Lipinski definition) is 1. The van der Waals surface area contributed by atoms with Gasteiger partial charge < -0.3 is 15.3 Å². The molecule has 0 bridgehead atoms. The number of benzene rings is 1. The van der Waals surface area contributed by atoms with E-state index in [1.807, 2.05) is 0 Å². The van der Waals surface area contributed by atoms with E-state index in [-0.39, 0.29) is 22.7 Å². The van der Waals surface area contributed by atoms with Crippen LogP contribution in [-0.4, -0.2) is 33.5 Å². The molecule has 4 rings (SSSR count). The fourth-order valence-electron chi connectivity index (χ4n) is 2.89. The molecule has 3 aromatic heterocycles. The predicted octanol–water partition coefficient (Wildman–Crippen LogP) is 3.88. The van der Waals surface area contributed by atoms with Gasteiger partial charge in [-0.15, -0.1) is 11.3 Å². The summed E-state index contributed by atoms with van der Waals surface area (Å²) in [5.74, 6) is -0.480. The molecular formula is C20H15F2N5O3S. The molecule has 0 saturated heterocycles. The lowest BCUT2D eigenvalue weighted by atomic mass is 10.1. The first kappa shape index (κ1) is 20.4. The summed E-state index contributed by atoms with van der Waals surface area (Å²) >= 11 is 1.32. The number of aromatic nitrogens is 3. The number of hydrogen-bond acceptors (Lipinski definition) is 7. The van der Waals surface area contributed by atoms with E-state index in [9.17, 15) is 13.6 Å². The van der Waals surface area contributed by atoms with Crippen molar-refractivity contribution in [2.45, 2.75) is 6.43 Å². The van der Waals surface area contributed by atoms with Crippen molar-refractivity contribution < 1.29 is 23.1 Å². The fourth-order valence-corrected chi connectivity index (χ4v) is 3.51. The SMILES string of the molecule is COc1ccccc1-c1cc(C(F)F)n2ncc(C(=O)O/N=C(\N)c3cccs3)c2n1. The number of nitrogens with zero attached hydrogens (tertiary/aromatic N) is 4. The summed E-state index contributed by atoms with van der Waals surface area (Å²) in [5.41, 5.74) is 5.78. The second-order valence-electron chi connectivity index (χ2n) is 6.19. The zero-order valence-electron chi connectivity index (χ0n) is 16.0. The van der Waals surface area contributed by atoms with Crippen LogP contribution in [0.5, 0.6) is 5.75 Å². The average Bonchev–Trinajstić information content (AvgIpc) is 3.46. The highest BCUT2D eigenvalue weighted by Gasteiger charge is 2.23. The van der Waals surface area contributed by atoms with E-state index in [4.69, 9.17) is 15.3 Å². The van der Waals surface area contributed by atoms with Crippen molar-refractivity contribution in [3.8, 4) is 17.0 Å². The Morgan fingerprint density at radius 3 is 2.77 bits per heavy atom. The first-order valence-electron chi connectivity index (χ1n) is 8.88. The van der Waals surface area contributed by atoms with Gasteiger partial charge in [0.1, 0.15) is 17.0 Å². The number of methoxy groups -OCH3 is 1. The molecule has 0 atom stereocenters. The summed E-state index contributed by atoms with van der Waals surface area (Å²) in [6, 6.07) is 11.5. The molecule has 4 aromatic rings. The van der Waals surface area contributed by atoms with Crippen molar-refractivity contribution in [1.82, 2.24) is 14.6 Å². The molecule has 0 radical (unpaired) electrons. The Kier molecular flexibility index (Phi) is 5.58. The van der Waals surface area contributed by atoms with Gasteiger partial charge in [0.25, 0.3) is 6.43 Å². The van der Waals surface area contributed by atoms with E-state index >= 15 is 0 Å². The molecule has 0 saturated carbocycles. The second kappa shape index (κ2) is 8.48. The minimum absolute atomic E-state index is 0.00997. The number of ether oxygens (including phenoxy) is 1. The Bertz CT molecular complexity index is 1270. The summed E-state index contributed by atoms with van der Waals surface area (Å²) in [5, 5.41) is 9.29. The van der Waals surface area contributed by atoms with Crippen LogP contribution in [0, 0.1) is 0 Å². The van der Waals surface area contributed by atoms with Gasteiger partial charge in [-0.1, -0.05) is 23.4 Å². The maximum Gasteiger partial charge on any atom is 0.371 e. The fraction of sp³-hybridized carbons (Fsp3) is 0.100. The van der Waals surface area contributed by atoms with Gasteiger partial charge >= 0.3 is 5.97 Å². The molecule has 0 fully saturated rings. The summed E-state index contributed by atoms with van der Waals surface area (Å²) in [7, 11) is 1.46. The molecule has 158 valence electrons. The Balaban J connectivity index is 1.78. The summed E-state index contributed by atoms with van der Waals surface area (Å²) < 4.78 is 33.6. The van der Waals surface area contributed by atoms with Crippen LogP contribution in [-0.2, 0) is 4.84 Å². The lowest BCUT2D eigenvalue weighted by Crippen LogP contribution is -2.14. The molecule has 11 heteroatoms. The first-order valence-corrected chi connectivity index (χ1v) is 9.76. The van der Waals surface area contributed by atoms with Crippen LogP contribution in [0.2, 0.25) is 0 Å². The lowest BCUT2D eigenvalue weighted by molar-refractivity contribution is 0.0518. The number of halogens is 2. The van der Waals surface area contributed by atoms with Crippen LogP contribution >= 0.6 is 11.3 Å². The number of oxime groups is 1. The molecular weight excluding hydrogens is 428 g/mol. The van der Waals surface area contributed by atoms with Gasteiger partial charge in [-0.3, -0.25) is 0 Å². The zero-order valence-corrected chi connectivity index (χ0v) is 16.8. The average molecular weight is 443 g/mol. The third-order valence-electron chi connectivity index (χ3n) is 4.33. The van der Waals surface area contributed by atoms with Crippen LogP contribution in [0.1, 0.15) is 27.4 Å². The molecule has 31 heavy (non-hydrogen) atoms. The summed E-state index contributed by atoms with van der Waals surface area (Å²) in [4.78, 5) is 22.4. The smallest absolute Gasteiger partial charge is 0.371 e. The van der Waals surface area contributed by atoms with Crippen LogP contribution < -0.4 is 10.5 Å². The minimum atomic E-state index is -2.87. The van der Waals surface area contributed by atoms with E-state index in [0.29, 0.717) is 16.2 Å². The molecule has 0 aliphatic heterocycles. The van der Waals surface area contributed by atoms with Gasteiger partial charge in [0, 0.05) is 5.56 Å². The van der Waals surface area contributed by atoms with Gasteiger partial charge in [-0.2, -0.15) is 5.10 Å². The summed E-state index contributed by atoms with van der Waals surface area (Å²) in [6.45, 7) is 0. The standard InChI is InChI=1S/C20H15F2N5O3S/c1-29-15-6-3-2-5-11(15)13-9-14(17(21)22)27-19(25-13)12(10-24-27)20(28)30-26-18(23)16-7-4-8-31-16/h2-10,17H,1H3,(H2,23,26). The second-order valence-corrected chi connectivity index (χ2v) is 7.14. The van der Waals surface area contributed by atoms with Crippen molar-refractivity contribution in [3.63, 3.8) is 0 Å². The van der Waals surface area contributed by atoms with Crippen LogP contribution in [0.3, 0.4) is 0 Å². The highest BCUT2D eigenvalue weighted by atomic mass is 32.1. The molecule has 0 unspecified atom stereocenters. The molecule has 0 amide bonds. The topological polar surface area (TPSA) is 104 Å². The molecule has 0 spiro atoms. The third kappa shape index (κ3) is 3.94. The van der Waals surface area contributed by atoms with Crippen LogP contribution in [0.25, 0.3) is 16.9 Å². The van der Waals surface area contributed by atoms with Crippen LogP contribution in [0.4, 0.5) is 8.78 Å². The number of fused-ring (bicyclic) bond motifs is 1. The molecule has 0 aliphatic rings. The Hall–Kier alpha value is -3.86. The quantitative estimate of drug-likeness (QED) is 0.210. The monoisotopic (exact) mass is 443 g/mol. The highest BCUT2D eigenvalue weighted by molar-refractivity contribution is 7.12. The highest BCUT2D eigenvalue weighted by Crippen LogP contribution is 2.32. The molecule has 0 aliphatic carbocycles. The van der Waals surface area contributed by atoms with Crippen molar-refractivity contribution in [1.29, 1.82) is 0 Å². The van der Waals surface area contributed by atoms with Crippen molar-refractivity contribution in [2.24, 2.45) is 10.9 Å². The van der Waals surface area contributed by atoms with Crippen molar-refractivity contribution >= 4 is 28.8 Å². The number of carbonyl (C=O) groups excluding carboxylic acids is 1. The zero-order chi connectivity index (χ0) is 22.0. The number of nitrogens with two attached hydrogens (primary N) is 1. The number of carbonyl (C=O) groups is 1. The largest absolute Gasteiger partial charge is 0.496 e. The van der Waals surface area contributed by atoms with Gasteiger partial charge in [0.05, 0.1) is 23.9 Å². The number of thiophene rings is 1. The first-order chi connectivity index (χ1) is 15.0. The predicted molar refractivity (Wildman–Crippen MR) is 110 cm³/mol. The van der Waals surface area contributed by atoms with E-state index in [1.54, 1.807) is 41.8 Å². The number of alkyl halides is 2. The van der Waals surface area contributed by atoms with E-state index in [2.05, 4.69) is 15.2 Å². The van der Waals surface area contributed by atoms with Gasteiger partial charge in [0.15, 0.2) is 11.5 Å². The van der Waals surface area contributed by atoms with Crippen molar-refractivity contribution in [3.05, 3.63) is 70.2 Å². The molecule has 3 heterocycles.